The third kappa shape index (κ3) is 3.74. The summed E-state index contributed by atoms with van der Waals surface area (Å²) >= 11 is 4.87. The van der Waals surface area contributed by atoms with Gasteiger partial charge in [-0.25, -0.2) is 12.8 Å². The molecule has 1 atom stereocenters. The fraction of sp³-hybridized carbons (Fsp3) is 0.462. The summed E-state index contributed by atoms with van der Waals surface area (Å²) < 4.78 is 39.7. The SMILES string of the molecule is CCN(CC(C)C(N)=S)S(=O)(=O)c1cc(F)ccc1C. The Kier molecular flexibility index (Phi) is 5.61. The lowest BCUT2D eigenvalue weighted by molar-refractivity contribution is 0.404. The summed E-state index contributed by atoms with van der Waals surface area (Å²) in [6.45, 7) is 5.57. The molecule has 7 heteroatoms. The molecule has 1 aromatic carbocycles. The van der Waals surface area contributed by atoms with Crippen LogP contribution in [0.1, 0.15) is 19.4 Å². The molecule has 0 spiro atoms. The molecule has 112 valence electrons. The summed E-state index contributed by atoms with van der Waals surface area (Å²) in [4.78, 5) is 0.240. The summed E-state index contributed by atoms with van der Waals surface area (Å²) in [6, 6.07) is 3.73. The van der Waals surface area contributed by atoms with E-state index in [0.29, 0.717) is 5.56 Å². The van der Waals surface area contributed by atoms with Gasteiger partial charge in [-0.3, -0.25) is 0 Å². The molecule has 0 heterocycles. The molecule has 0 saturated carbocycles. The smallest absolute Gasteiger partial charge is 0.243 e. The molecule has 2 N–H and O–H groups in total. The zero-order chi connectivity index (χ0) is 15.5. The number of sulfonamides is 1. The Morgan fingerprint density at radius 1 is 1.50 bits per heavy atom. The van der Waals surface area contributed by atoms with Gasteiger partial charge in [-0.2, -0.15) is 4.31 Å². The Balaban J connectivity index is 3.18. The van der Waals surface area contributed by atoms with Crippen molar-refractivity contribution in [1.82, 2.24) is 4.31 Å². The van der Waals surface area contributed by atoms with Crippen molar-refractivity contribution in [3.63, 3.8) is 0 Å². The molecule has 1 rings (SSSR count). The van der Waals surface area contributed by atoms with Crippen LogP contribution >= 0.6 is 12.2 Å². The normalized spacial score (nSPS) is 13.4. The second kappa shape index (κ2) is 6.60. The predicted molar refractivity (Wildman–Crippen MR) is 81.5 cm³/mol. The average molecular weight is 318 g/mol. The van der Waals surface area contributed by atoms with E-state index in [2.05, 4.69) is 0 Å². The van der Waals surface area contributed by atoms with Gasteiger partial charge < -0.3 is 5.73 Å². The number of halogens is 1. The molecule has 0 saturated heterocycles. The zero-order valence-corrected chi connectivity index (χ0v) is 13.4. The minimum absolute atomic E-state index is 0.0190. The summed E-state index contributed by atoms with van der Waals surface area (Å²) in [7, 11) is -3.75. The fourth-order valence-electron chi connectivity index (χ4n) is 1.78. The topological polar surface area (TPSA) is 63.4 Å². The Morgan fingerprint density at radius 2 is 2.10 bits per heavy atom. The lowest BCUT2D eigenvalue weighted by Crippen LogP contribution is -2.38. The van der Waals surface area contributed by atoms with Gasteiger partial charge in [0.1, 0.15) is 5.82 Å². The first kappa shape index (κ1) is 17.0. The maximum Gasteiger partial charge on any atom is 0.243 e. The lowest BCUT2D eigenvalue weighted by Gasteiger charge is -2.24. The van der Waals surface area contributed by atoms with Crippen molar-refractivity contribution in [2.75, 3.05) is 13.1 Å². The van der Waals surface area contributed by atoms with E-state index in [1.54, 1.807) is 20.8 Å². The van der Waals surface area contributed by atoms with Gasteiger partial charge in [0.05, 0.1) is 9.88 Å². The highest BCUT2D eigenvalue weighted by Crippen LogP contribution is 2.21. The number of nitrogens with two attached hydrogens (primary N) is 1. The van der Waals surface area contributed by atoms with Crippen LogP contribution in [0.15, 0.2) is 23.1 Å². The monoisotopic (exact) mass is 318 g/mol. The summed E-state index contributed by atoms with van der Waals surface area (Å²) in [5.74, 6) is -0.818. The van der Waals surface area contributed by atoms with Crippen molar-refractivity contribution < 1.29 is 12.8 Å². The van der Waals surface area contributed by atoms with Crippen molar-refractivity contribution in [2.45, 2.75) is 25.7 Å². The van der Waals surface area contributed by atoms with Gasteiger partial charge >= 0.3 is 0 Å². The summed E-state index contributed by atoms with van der Waals surface area (Å²) in [5.41, 5.74) is 6.03. The molecule has 0 fully saturated rings. The highest BCUT2D eigenvalue weighted by Gasteiger charge is 2.27. The van der Waals surface area contributed by atoms with E-state index in [1.165, 1.54) is 16.4 Å². The van der Waals surface area contributed by atoms with E-state index >= 15 is 0 Å². The second-order valence-corrected chi connectivity index (χ2v) is 7.05. The number of hydrogen-bond acceptors (Lipinski definition) is 3. The molecule has 0 amide bonds. The molecule has 0 aromatic heterocycles. The Morgan fingerprint density at radius 3 is 2.60 bits per heavy atom. The molecule has 0 aliphatic carbocycles. The molecule has 1 unspecified atom stereocenters. The zero-order valence-electron chi connectivity index (χ0n) is 11.8. The summed E-state index contributed by atoms with van der Waals surface area (Å²) in [5, 5.41) is 0. The number of hydrogen-bond donors (Lipinski definition) is 1. The number of benzene rings is 1. The van der Waals surface area contributed by atoms with Crippen molar-refractivity contribution >= 4 is 27.2 Å². The highest BCUT2D eigenvalue weighted by atomic mass is 32.2. The first-order valence-electron chi connectivity index (χ1n) is 6.25. The minimum atomic E-state index is -3.75. The molecule has 20 heavy (non-hydrogen) atoms. The molecule has 0 aliphatic rings. The molecular weight excluding hydrogens is 299 g/mol. The first-order chi connectivity index (χ1) is 9.20. The minimum Gasteiger partial charge on any atom is -0.393 e. The van der Waals surface area contributed by atoms with Crippen molar-refractivity contribution in [3.8, 4) is 0 Å². The lowest BCUT2D eigenvalue weighted by atomic mass is 10.2. The van der Waals surface area contributed by atoms with Crippen LogP contribution in [0.3, 0.4) is 0 Å². The van der Waals surface area contributed by atoms with Crippen LogP contribution in [-0.4, -0.2) is 30.8 Å². The number of thiocarbonyl (C=S) groups is 1. The van der Waals surface area contributed by atoms with Gasteiger partial charge in [0.15, 0.2) is 0 Å². The van der Waals surface area contributed by atoms with E-state index in [0.717, 1.165) is 6.07 Å². The maximum absolute atomic E-state index is 13.3. The average Bonchev–Trinajstić information content (AvgIpc) is 2.37. The third-order valence-corrected chi connectivity index (χ3v) is 5.57. The maximum atomic E-state index is 13.3. The van der Waals surface area contributed by atoms with Crippen molar-refractivity contribution in [3.05, 3.63) is 29.6 Å². The van der Waals surface area contributed by atoms with Crippen LogP contribution in [0.25, 0.3) is 0 Å². The van der Waals surface area contributed by atoms with Crippen LogP contribution in [-0.2, 0) is 10.0 Å². The van der Waals surface area contributed by atoms with Crippen molar-refractivity contribution in [2.24, 2.45) is 11.7 Å². The van der Waals surface area contributed by atoms with E-state index < -0.39 is 15.8 Å². The quantitative estimate of drug-likeness (QED) is 0.816. The van der Waals surface area contributed by atoms with Crippen LogP contribution in [0.4, 0.5) is 4.39 Å². The highest BCUT2D eigenvalue weighted by molar-refractivity contribution is 7.89. The third-order valence-electron chi connectivity index (χ3n) is 3.08. The van der Waals surface area contributed by atoms with Crippen LogP contribution in [0, 0.1) is 18.7 Å². The molecular formula is C13H19FN2O2S2. The van der Waals surface area contributed by atoms with Gasteiger partial charge in [-0.15, -0.1) is 0 Å². The standard InChI is InChI=1S/C13H19FN2O2S2/c1-4-16(8-10(3)13(15)19)20(17,18)12-7-11(14)6-5-9(12)2/h5-7,10H,4,8H2,1-3H3,(H2,15,19). The van der Waals surface area contributed by atoms with Gasteiger partial charge in [0.2, 0.25) is 10.0 Å². The van der Waals surface area contributed by atoms with Gasteiger partial charge in [0, 0.05) is 19.0 Å². The number of aryl methyl sites for hydroxylation is 1. The second-order valence-electron chi connectivity index (χ2n) is 4.67. The largest absolute Gasteiger partial charge is 0.393 e. The Labute approximate surface area is 124 Å². The number of rotatable bonds is 6. The number of nitrogens with zero attached hydrogens (tertiary/aromatic N) is 1. The van der Waals surface area contributed by atoms with Gasteiger partial charge in [-0.1, -0.05) is 32.1 Å². The predicted octanol–water partition coefficient (Wildman–Crippen LogP) is 2.07. The van der Waals surface area contributed by atoms with Gasteiger partial charge in [0.25, 0.3) is 0 Å². The molecule has 0 bridgehead atoms. The summed E-state index contributed by atoms with van der Waals surface area (Å²) in [6.07, 6.45) is 0. The van der Waals surface area contributed by atoms with E-state index in [4.69, 9.17) is 18.0 Å². The van der Waals surface area contributed by atoms with E-state index in [9.17, 15) is 12.8 Å². The first-order valence-corrected chi connectivity index (χ1v) is 8.10. The fourth-order valence-corrected chi connectivity index (χ4v) is 3.63. The Bertz CT molecular complexity index is 602. The molecule has 1 aromatic rings. The van der Waals surface area contributed by atoms with Crippen molar-refractivity contribution in [1.29, 1.82) is 0 Å². The van der Waals surface area contributed by atoms with Gasteiger partial charge in [-0.05, 0) is 24.6 Å². The molecule has 0 aliphatic heterocycles. The molecule has 0 radical (unpaired) electrons. The van der Waals surface area contributed by atoms with E-state index in [-0.39, 0.29) is 28.9 Å². The van der Waals surface area contributed by atoms with Crippen LogP contribution < -0.4 is 5.73 Å². The Hall–Kier alpha value is -1.05. The van der Waals surface area contributed by atoms with E-state index in [1.807, 2.05) is 0 Å². The van der Waals surface area contributed by atoms with Crippen LogP contribution in [0.5, 0.6) is 0 Å². The molecule has 4 nitrogen and oxygen atoms in total. The van der Waals surface area contributed by atoms with Crippen LogP contribution in [0.2, 0.25) is 0 Å².